The number of amides is 1. The Balaban J connectivity index is 2.32. The molecular formula is C14H19N3OS. The number of rotatable bonds is 3. The zero-order valence-corrected chi connectivity index (χ0v) is 11.9. The number of anilines is 1. The van der Waals surface area contributed by atoms with Crippen LogP contribution in [0.4, 0.5) is 5.69 Å². The molecule has 1 atom stereocenters. The molecule has 19 heavy (non-hydrogen) atoms. The number of nitrogens with two attached hydrogens (primary N) is 2. The molecule has 1 aliphatic heterocycles. The van der Waals surface area contributed by atoms with Gasteiger partial charge in [0, 0.05) is 17.8 Å². The van der Waals surface area contributed by atoms with Gasteiger partial charge in [0.05, 0.1) is 0 Å². The summed E-state index contributed by atoms with van der Waals surface area (Å²) in [6, 6.07) is 5.70. The van der Waals surface area contributed by atoms with Crippen LogP contribution >= 0.6 is 12.2 Å². The van der Waals surface area contributed by atoms with Gasteiger partial charge in [-0.05, 0) is 49.9 Å². The summed E-state index contributed by atoms with van der Waals surface area (Å²) in [7, 11) is 0. The molecule has 1 fully saturated rings. The van der Waals surface area contributed by atoms with Gasteiger partial charge < -0.3 is 16.4 Å². The Morgan fingerprint density at radius 3 is 2.68 bits per heavy atom. The van der Waals surface area contributed by atoms with Crippen LogP contribution in [0.3, 0.4) is 0 Å². The van der Waals surface area contributed by atoms with E-state index >= 15 is 0 Å². The van der Waals surface area contributed by atoms with E-state index in [0.717, 1.165) is 42.6 Å². The first kappa shape index (κ1) is 13.8. The Labute approximate surface area is 118 Å². The lowest BCUT2D eigenvalue weighted by Crippen LogP contribution is -2.47. The molecule has 0 spiro atoms. The SMILES string of the molecule is Cc1cc(N2CCCCC2C(N)=O)ccc1C(N)=S. The van der Waals surface area contributed by atoms with Crippen LogP contribution < -0.4 is 16.4 Å². The Morgan fingerprint density at radius 1 is 1.37 bits per heavy atom. The summed E-state index contributed by atoms with van der Waals surface area (Å²) in [6.07, 6.45) is 2.96. The van der Waals surface area contributed by atoms with Crippen molar-refractivity contribution >= 4 is 28.8 Å². The molecule has 0 radical (unpaired) electrons. The first-order valence-corrected chi connectivity index (χ1v) is 6.88. The number of aryl methyl sites for hydroxylation is 1. The van der Waals surface area contributed by atoms with E-state index in [-0.39, 0.29) is 11.9 Å². The number of primary amides is 1. The highest BCUT2D eigenvalue weighted by atomic mass is 32.1. The van der Waals surface area contributed by atoms with Crippen LogP contribution in [-0.4, -0.2) is 23.5 Å². The normalized spacial score (nSPS) is 19.2. The molecular weight excluding hydrogens is 258 g/mol. The molecule has 1 aromatic carbocycles. The summed E-state index contributed by atoms with van der Waals surface area (Å²) >= 11 is 5.00. The average Bonchev–Trinajstić information content (AvgIpc) is 2.38. The van der Waals surface area contributed by atoms with Crippen LogP contribution in [0, 0.1) is 6.92 Å². The number of benzene rings is 1. The van der Waals surface area contributed by atoms with Crippen molar-refractivity contribution in [3.05, 3.63) is 29.3 Å². The third-order valence-corrected chi connectivity index (χ3v) is 3.86. The van der Waals surface area contributed by atoms with Crippen LogP contribution in [0.2, 0.25) is 0 Å². The van der Waals surface area contributed by atoms with E-state index in [1.807, 2.05) is 25.1 Å². The predicted octanol–water partition coefficient (Wildman–Crippen LogP) is 1.47. The maximum atomic E-state index is 11.5. The van der Waals surface area contributed by atoms with Crippen LogP contribution in [0.1, 0.15) is 30.4 Å². The highest BCUT2D eigenvalue weighted by Gasteiger charge is 2.27. The molecule has 0 bridgehead atoms. The molecule has 1 aliphatic rings. The third-order valence-electron chi connectivity index (χ3n) is 3.64. The second-order valence-electron chi connectivity index (χ2n) is 4.97. The van der Waals surface area contributed by atoms with Crippen LogP contribution in [0.5, 0.6) is 0 Å². The molecule has 0 aromatic heterocycles. The highest BCUT2D eigenvalue weighted by molar-refractivity contribution is 7.80. The Bertz CT molecular complexity index is 515. The van der Waals surface area contributed by atoms with Crippen molar-refractivity contribution in [3.63, 3.8) is 0 Å². The van der Waals surface area contributed by atoms with Gasteiger partial charge >= 0.3 is 0 Å². The topological polar surface area (TPSA) is 72.3 Å². The van der Waals surface area contributed by atoms with Crippen LogP contribution in [0.25, 0.3) is 0 Å². The van der Waals surface area contributed by atoms with Gasteiger partial charge in [0.15, 0.2) is 0 Å². The van der Waals surface area contributed by atoms with Gasteiger partial charge in [-0.3, -0.25) is 4.79 Å². The molecule has 4 N–H and O–H groups in total. The summed E-state index contributed by atoms with van der Waals surface area (Å²) in [5.74, 6) is -0.254. The predicted molar refractivity (Wildman–Crippen MR) is 81.2 cm³/mol. The van der Waals surface area contributed by atoms with Crippen molar-refractivity contribution in [3.8, 4) is 0 Å². The van der Waals surface area contributed by atoms with Crippen molar-refractivity contribution in [1.29, 1.82) is 0 Å². The summed E-state index contributed by atoms with van der Waals surface area (Å²) < 4.78 is 0. The van der Waals surface area contributed by atoms with E-state index in [1.165, 1.54) is 0 Å². The molecule has 1 heterocycles. The minimum Gasteiger partial charge on any atom is -0.389 e. The minimum absolute atomic E-state index is 0.205. The molecule has 102 valence electrons. The van der Waals surface area contributed by atoms with Gasteiger partial charge in [-0.2, -0.15) is 0 Å². The van der Waals surface area contributed by atoms with Crippen molar-refractivity contribution in [1.82, 2.24) is 0 Å². The second kappa shape index (κ2) is 5.57. The minimum atomic E-state index is -0.254. The molecule has 4 nitrogen and oxygen atoms in total. The van der Waals surface area contributed by atoms with Crippen LogP contribution in [0.15, 0.2) is 18.2 Å². The number of nitrogens with zero attached hydrogens (tertiary/aromatic N) is 1. The summed E-state index contributed by atoms with van der Waals surface area (Å²) in [4.78, 5) is 14.0. The number of hydrogen-bond acceptors (Lipinski definition) is 3. The standard InChI is InChI=1S/C14H19N3OS/c1-9-8-10(5-6-11(9)14(16)19)17-7-3-2-4-12(17)13(15)18/h5-6,8,12H,2-4,7H2,1H3,(H2,15,18)(H2,16,19). The van der Waals surface area contributed by atoms with Gasteiger partial charge in [-0.25, -0.2) is 0 Å². The summed E-state index contributed by atoms with van der Waals surface area (Å²) in [5.41, 5.74) is 14.1. The molecule has 1 saturated heterocycles. The fourth-order valence-corrected chi connectivity index (χ4v) is 2.87. The fraction of sp³-hybridized carbons (Fsp3) is 0.429. The Kier molecular flexibility index (Phi) is 4.04. The van der Waals surface area contributed by atoms with E-state index in [4.69, 9.17) is 23.7 Å². The van der Waals surface area contributed by atoms with Crippen molar-refractivity contribution in [2.45, 2.75) is 32.2 Å². The molecule has 0 saturated carbocycles. The third kappa shape index (κ3) is 2.87. The van der Waals surface area contributed by atoms with E-state index in [2.05, 4.69) is 4.90 Å². The molecule has 0 aliphatic carbocycles. The maximum absolute atomic E-state index is 11.5. The average molecular weight is 277 g/mol. The quantitative estimate of drug-likeness (QED) is 0.821. The highest BCUT2D eigenvalue weighted by Crippen LogP contribution is 2.26. The summed E-state index contributed by atoms with van der Waals surface area (Å²) in [5, 5.41) is 0. The first-order valence-electron chi connectivity index (χ1n) is 6.47. The van der Waals surface area contributed by atoms with E-state index in [1.54, 1.807) is 0 Å². The largest absolute Gasteiger partial charge is 0.389 e. The molecule has 1 unspecified atom stereocenters. The smallest absolute Gasteiger partial charge is 0.240 e. The Morgan fingerprint density at radius 2 is 2.11 bits per heavy atom. The van der Waals surface area contributed by atoms with Crippen molar-refractivity contribution < 1.29 is 4.79 Å². The van der Waals surface area contributed by atoms with E-state index < -0.39 is 0 Å². The number of carbonyl (C=O) groups is 1. The van der Waals surface area contributed by atoms with Crippen molar-refractivity contribution in [2.24, 2.45) is 11.5 Å². The lowest BCUT2D eigenvalue weighted by molar-refractivity contribution is -0.119. The van der Waals surface area contributed by atoms with Gasteiger partial charge in [0.1, 0.15) is 11.0 Å². The number of hydrogen-bond donors (Lipinski definition) is 2. The molecule has 1 amide bonds. The van der Waals surface area contributed by atoms with E-state index in [0.29, 0.717) is 4.99 Å². The number of piperidine rings is 1. The number of thiocarbonyl (C=S) groups is 1. The van der Waals surface area contributed by atoms with Gasteiger partial charge in [-0.15, -0.1) is 0 Å². The lowest BCUT2D eigenvalue weighted by Gasteiger charge is -2.35. The van der Waals surface area contributed by atoms with Gasteiger partial charge in [0.25, 0.3) is 0 Å². The fourth-order valence-electron chi connectivity index (χ4n) is 2.64. The maximum Gasteiger partial charge on any atom is 0.240 e. The Hall–Kier alpha value is -1.62. The van der Waals surface area contributed by atoms with Crippen LogP contribution in [-0.2, 0) is 4.79 Å². The molecule has 2 rings (SSSR count). The first-order chi connectivity index (χ1) is 9.00. The molecule has 5 heteroatoms. The monoisotopic (exact) mass is 277 g/mol. The number of carbonyl (C=O) groups excluding carboxylic acids is 1. The summed E-state index contributed by atoms with van der Waals surface area (Å²) in [6.45, 7) is 2.83. The zero-order chi connectivity index (χ0) is 14.0. The van der Waals surface area contributed by atoms with Gasteiger partial charge in [0.2, 0.25) is 5.91 Å². The zero-order valence-electron chi connectivity index (χ0n) is 11.1. The lowest BCUT2D eigenvalue weighted by atomic mass is 9.99. The molecule has 1 aromatic rings. The van der Waals surface area contributed by atoms with E-state index in [9.17, 15) is 4.79 Å². The van der Waals surface area contributed by atoms with Gasteiger partial charge in [-0.1, -0.05) is 12.2 Å². The van der Waals surface area contributed by atoms with Crippen molar-refractivity contribution in [2.75, 3.05) is 11.4 Å². The second-order valence-corrected chi connectivity index (χ2v) is 5.41.